The molecule has 6 nitrogen and oxygen atoms in total. The molecule has 0 aliphatic carbocycles. The lowest BCUT2D eigenvalue weighted by atomic mass is 10.2. The van der Waals surface area contributed by atoms with Gasteiger partial charge >= 0.3 is 12.0 Å². The Morgan fingerprint density at radius 2 is 1.89 bits per heavy atom. The van der Waals surface area contributed by atoms with Crippen molar-refractivity contribution in [2.45, 2.75) is 6.92 Å². The third-order valence-corrected chi connectivity index (χ3v) is 2.70. The Hall–Kier alpha value is -1.89. The smallest absolute Gasteiger partial charge is 0.330 e. The van der Waals surface area contributed by atoms with E-state index in [1.807, 2.05) is 25.1 Å². The number of methoxy groups -OCH3 is 1. The number of nitrogens with two attached hydrogens (primary N) is 1. The molecule has 2 rings (SSSR count). The molecule has 0 amide bonds. The number of hydrogen-bond acceptors (Lipinski definition) is 6. The van der Waals surface area contributed by atoms with Crippen molar-refractivity contribution in [3.8, 4) is 17.8 Å². The van der Waals surface area contributed by atoms with Gasteiger partial charge in [0, 0.05) is 0 Å². The Bertz CT molecular complexity index is 577. The first-order valence-electron chi connectivity index (χ1n) is 5.08. The second-order valence-corrected chi connectivity index (χ2v) is 4.35. The Kier molecular flexibility index (Phi) is 3.61. The first-order valence-corrected chi connectivity index (χ1v) is 5.87. The number of aromatic nitrogens is 3. The predicted molar refractivity (Wildman–Crippen MR) is 69.7 cm³/mol. The van der Waals surface area contributed by atoms with Crippen LogP contribution in [0.4, 0.5) is 5.95 Å². The average molecular weight is 311 g/mol. The summed E-state index contributed by atoms with van der Waals surface area (Å²) in [6.45, 7) is 1.98. The van der Waals surface area contributed by atoms with Gasteiger partial charge in [0.05, 0.1) is 11.6 Å². The largest absolute Gasteiger partial charge is 0.467 e. The van der Waals surface area contributed by atoms with Gasteiger partial charge in [0.15, 0.2) is 0 Å². The summed E-state index contributed by atoms with van der Waals surface area (Å²) in [6.07, 6.45) is 0. The lowest BCUT2D eigenvalue weighted by molar-refractivity contribution is 0.360. The molecule has 0 spiro atoms. The van der Waals surface area contributed by atoms with Gasteiger partial charge in [0.2, 0.25) is 5.95 Å². The average Bonchev–Trinajstić information content (AvgIpc) is 2.32. The molecule has 1 aromatic heterocycles. The number of rotatable bonds is 3. The van der Waals surface area contributed by atoms with E-state index in [1.54, 1.807) is 0 Å². The SMILES string of the molecule is COc1nc(N)nc(Oc2ccc(C)cc2Br)n1. The standard InChI is InChI=1S/C11H11BrN4O2/c1-6-3-4-8(7(12)5-6)18-11-15-9(13)14-10(16-11)17-2/h3-5H,1-2H3,(H2,13,14,15,16). The number of benzene rings is 1. The molecule has 2 aromatic rings. The number of aryl methyl sites for hydroxylation is 1. The Morgan fingerprint density at radius 1 is 1.17 bits per heavy atom. The summed E-state index contributed by atoms with van der Waals surface area (Å²) in [4.78, 5) is 11.6. The molecule has 0 fully saturated rings. The fourth-order valence-electron chi connectivity index (χ4n) is 1.28. The molecule has 0 bridgehead atoms. The van der Waals surface area contributed by atoms with Crippen LogP contribution in [0.15, 0.2) is 22.7 Å². The van der Waals surface area contributed by atoms with Crippen molar-refractivity contribution in [2.75, 3.05) is 12.8 Å². The van der Waals surface area contributed by atoms with Gasteiger partial charge in [0.25, 0.3) is 0 Å². The van der Waals surface area contributed by atoms with Crippen LogP contribution < -0.4 is 15.2 Å². The predicted octanol–water partition coefficient (Wildman–Crippen LogP) is 2.33. The maximum atomic E-state index is 5.52. The number of nitrogens with zero attached hydrogens (tertiary/aromatic N) is 3. The summed E-state index contributed by atoms with van der Waals surface area (Å²) in [5, 5.41) is 0. The van der Waals surface area contributed by atoms with Gasteiger partial charge in [-0.2, -0.15) is 9.97 Å². The molecule has 0 saturated carbocycles. The summed E-state index contributed by atoms with van der Waals surface area (Å²) in [6, 6.07) is 5.86. The van der Waals surface area contributed by atoms with Crippen LogP contribution in [0.5, 0.6) is 17.8 Å². The zero-order valence-electron chi connectivity index (χ0n) is 9.85. The quantitative estimate of drug-likeness (QED) is 0.936. The van der Waals surface area contributed by atoms with Gasteiger partial charge in [-0.15, -0.1) is 4.98 Å². The van der Waals surface area contributed by atoms with Crippen molar-refractivity contribution in [1.29, 1.82) is 0 Å². The van der Waals surface area contributed by atoms with E-state index in [4.69, 9.17) is 15.2 Å². The molecule has 0 radical (unpaired) electrons. The Morgan fingerprint density at radius 3 is 2.56 bits per heavy atom. The van der Waals surface area contributed by atoms with Gasteiger partial charge in [-0.1, -0.05) is 6.07 Å². The third-order valence-electron chi connectivity index (χ3n) is 2.08. The molecule has 18 heavy (non-hydrogen) atoms. The number of anilines is 1. The van der Waals surface area contributed by atoms with E-state index in [2.05, 4.69) is 30.9 Å². The third kappa shape index (κ3) is 2.86. The molecule has 0 aliphatic heterocycles. The van der Waals surface area contributed by atoms with Crippen LogP contribution in [0.25, 0.3) is 0 Å². The second kappa shape index (κ2) is 5.18. The fraction of sp³-hybridized carbons (Fsp3) is 0.182. The van der Waals surface area contributed by atoms with Crippen molar-refractivity contribution in [2.24, 2.45) is 0 Å². The van der Waals surface area contributed by atoms with Crippen LogP contribution in [-0.2, 0) is 0 Å². The molecule has 94 valence electrons. The van der Waals surface area contributed by atoms with E-state index in [0.717, 1.165) is 10.0 Å². The van der Waals surface area contributed by atoms with Crippen molar-refractivity contribution < 1.29 is 9.47 Å². The first-order chi connectivity index (χ1) is 8.58. The highest BCUT2D eigenvalue weighted by atomic mass is 79.9. The summed E-state index contributed by atoms with van der Waals surface area (Å²) < 4.78 is 11.2. The number of halogens is 1. The van der Waals surface area contributed by atoms with Crippen LogP contribution >= 0.6 is 15.9 Å². The zero-order chi connectivity index (χ0) is 13.1. The van der Waals surface area contributed by atoms with Crippen molar-refractivity contribution in [3.05, 3.63) is 28.2 Å². The van der Waals surface area contributed by atoms with E-state index in [0.29, 0.717) is 5.75 Å². The van der Waals surface area contributed by atoms with Crippen LogP contribution in [0, 0.1) is 6.92 Å². The van der Waals surface area contributed by atoms with Crippen LogP contribution in [0.2, 0.25) is 0 Å². The highest BCUT2D eigenvalue weighted by molar-refractivity contribution is 9.10. The van der Waals surface area contributed by atoms with E-state index >= 15 is 0 Å². The van der Waals surface area contributed by atoms with Gasteiger partial charge in [-0.25, -0.2) is 0 Å². The molecule has 0 unspecified atom stereocenters. The molecule has 2 N–H and O–H groups in total. The minimum Gasteiger partial charge on any atom is -0.467 e. The molecule has 1 heterocycles. The minimum atomic E-state index is 0.0417. The van der Waals surface area contributed by atoms with Crippen LogP contribution in [0.1, 0.15) is 5.56 Å². The highest BCUT2D eigenvalue weighted by Crippen LogP contribution is 2.29. The zero-order valence-corrected chi connectivity index (χ0v) is 11.4. The topological polar surface area (TPSA) is 83.2 Å². The molecule has 1 aromatic carbocycles. The molecular formula is C11H11BrN4O2. The Labute approximate surface area is 112 Å². The van der Waals surface area contributed by atoms with Crippen molar-refractivity contribution >= 4 is 21.9 Å². The molecular weight excluding hydrogens is 300 g/mol. The maximum Gasteiger partial charge on any atom is 0.330 e. The lowest BCUT2D eigenvalue weighted by Crippen LogP contribution is -2.03. The summed E-state index contributed by atoms with van der Waals surface area (Å²) in [7, 11) is 1.44. The maximum absolute atomic E-state index is 5.52. The van der Waals surface area contributed by atoms with E-state index in [-0.39, 0.29) is 18.0 Å². The van der Waals surface area contributed by atoms with Gasteiger partial charge in [-0.3, -0.25) is 0 Å². The highest BCUT2D eigenvalue weighted by Gasteiger charge is 2.09. The van der Waals surface area contributed by atoms with Crippen molar-refractivity contribution in [1.82, 2.24) is 15.0 Å². The summed E-state index contributed by atoms with van der Waals surface area (Å²) >= 11 is 3.40. The van der Waals surface area contributed by atoms with Crippen LogP contribution in [-0.4, -0.2) is 22.1 Å². The summed E-state index contributed by atoms with van der Waals surface area (Å²) in [5.41, 5.74) is 6.63. The van der Waals surface area contributed by atoms with E-state index in [1.165, 1.54) is 7.11 Å². The first kappa shape index (κ1) is 12.6. The van der Waals surface area contributed by atoms with Crippen LogP contribution in [0.3, 0.4) is 0 Å². The monoisotopic (exact) mass is 310 g/mol. The number of hydrogen-bond donors (Lipinski definition) is 1. The second-order valence-electron chi connectivity index (χ2n) is 3.50. The van der Waals surface area contributed by atoms with Crippen molar-refractivity contribution in [3.63, 3.8) is 0 Å². The number of ether oxygens (including phenoxy) is 2. The van der Waals surface area contributed by atoms with Gasteiger partial charge in [-0.05, 0) is 40.5 Å². The molecule has 7 heteroatoms. The molecule has 0 aliphatic rings. The summed E-state index contributed by atoms with van der Waals surface area (Å²) in [5.74, 6) is 0.633. The number of nitrogen functional groups attached to an aromatic ring is 1. The Balaban J connectivity index is 2.30. The molecule has 0 atom stereocenters. The minimum absolute atomic E-state index is 0.0417. The lowest BCUT2D eigenvalue weighted by Gasteiger charge is -2.07. The van der Waals surface area contributed by atoms with E-state index < -0.39 is 0 Å². The van der Waals surface area contributed by atoms with Gasteiger partial charge in [0.1, 0.15) is 5.75 Å². The fourth-order valence-corrected chi connectivity index (χ4v) is 1.85. The normalized spacial score (nSPS) is 10.2. The van der Waals surface area contributed by atoms with Gasteiger partial charge < -0.3 is 15.2 Å². The van der Waals surface area contributed by atoms with E-state index in [9.17, 15) is 0 Å². The molecule has 0 saturated heterocycles.